The van der Waals surface area contributed by atoms with Crippen LogP contribution in [0.25, 0.3) is 0 Å². The Bertz CT molecular complexity index is 41.8. The molecule has 8 heavy (non-hydrogen) atoms. The Morgan fingerprint density at radius 1 is 1.38 bits per heavy atom. The lowest BCUT2D eigenvalue weighted by atomic mass is 10.5. The third-order valence-corrected chi connectivity index (χ3v) is 0.915. The molecule has 0 bridgehead atoms. The Balaban J connectivity index is 0. The van der Waals surface area contributed by atoms with Crippen LogP contribution in [0.2, 0.25) is 0 Å². The molecular weight excluding hydrogens is 146 g/mol. The van der Waals surface area contributed by atoms with E-state index in [2.05, 4.69) is 4.52 Å². The van der Waals surface area contributed by atoms with Gasteiger partial charge in [-0.1, -0.05) is 0 Å². The molecule has 0 aliphatic rings. The largest absolute Gasteiger partial charge is 0.328 e. The van der Waals surface area contributed by atoms with E-state index in [4.69, 9.17) is 9.79 Å². The van der Waals surface area contributed by atoms with Gasteiger partial charge in [-0.15, -0.1) is 0 Å². The summed E-state index contributed by atoms with van der Waals surface area (Å²) in [6, 6.07) is 0. The maximum absolute atomic E-state index is 8.12. The highest BCUT2D eigenvalue weighted by molar-refractivity contribution is 7.39. The zero-order valence-electron chi connectivity index (χ0n) is 5.03. The van der Waals surface area contributed by atoms with Crippen LogP contribution in [0.4, 0.5) is 0 Å². The van der Waals surface area contributed by atoms with E-state index in [-0.39, 0.29) is 16.0 Å². The van der Waals surface area contributed by atoms with Gasteiger partial charge in [0, 0.05) is 0 Å². The summed E-state index contributed by atoms with van der Waals surface area (Å²) in [5.74, 6) is 0. The fourth-order valence-electron chi connectivity index (χ4n) is 0.189. The summed E-state index contributed by atoms with van der Waals surface area (Å²) < 4.78 is 4.43. The van der Waals surface area contributed by atoms with Crippen molar-refractivity contribution in [2.24, 2.45) is 0 Å². The van der Waals surface area contributed by atoms with E-state index in [0.717, 1.165) is 0 Å². The van der Waals surface area contributed by atoms with Crippen molar-refractivity contribution in [3.8, 4) is 0 Å². The number of rotatable bonds is 2. The van der Waals surface area contributed by atoms with Crippen molar-refractivity contribution in [1.82, 2.24) is 0 Å². The first-order valence-electron chi connectivity index (χ1n) is 1.97. The highest BCUT2D eigenvalue weighted by Gasteiger charge is 2.00. The van der Waals surface area contributed by atoms with Crippen LogP contribution >= 0.6 is 18.5 Å². The minimum atomic E-state index is -2.14. The molecule has 0 fully saturated rings. The van der Waals surface area contributed by atoms with Gasteiger partial charge in [0.05, 0.1) is 6.10 Å². The quantitative estimate of drug-likeness (QED) is 0.581. The normalized spacial score (nSPS) is 9.75. The van der Waals surface area contributed by atoms with E-state index in [1.165, 1.54) is 0 Å². The minimum absolute atomic E-state index is 0. The standard InChI is InChI=1S/C3H9O3P.H3P/c1-3(2)6-7(4)5;/h3-5H,1-2H3;1H3. The topological polar surface area (TPSA) is 49.7 Å². The summed E-state index contributed by atoms with van der Waals surface area (Å²) in [4.78, 5) is 16.2. The summed E-state index contributed by atoms with van der Waals surface area (Å²) in [5.41, 5.74) is 0. The van der Waals surface area contributed by atoms with Crippen LogP contribution in [0.5, 0.6) is 0 Å². The molecule has 0 aliphatic heterocycles. The van der Waals surface area contributed by atoms with Crippen LogP contribution in [0.1, 0.15) is 13.8 Å². The fraction of sp³-hybridized carbons (Fsp3) is 1.00. The predicted octanol–water partition coefficient (Wildman–Crippen LogP) is 0.681. The maximum Gasteiger partial charge on any atom is 0.327 e. The molecule has 3 nitrogen and oxygen atoms in total. The molecule has 0 aliphatic carbocycles. The van der Waals surface area contributed by atoms with Crippen LogP contribution in [-0.2, 0) is 4.52 Å². The maximum atomic E-state index is 8.12. The van der Waals surface area contributed by atoms with Crippen LogP contribution in [0.15, 0.2) is 0 Å². The fourth-order valence-corrected chi connectivity index (χ4v) is 0.566. The summed E-state index contributed by atoms with van der Waals surface area (Å²) in [7, 11) is -2.14. The monoisotopic (exact) mass is 158 g/mol. The number of hydrogen-bond acceptors (Lipinski definition) is 3. The zero-order valence-corrected chi connectivity index (χ0v) is 7.34. The van der Waals surface area contributed by atoms with Gasteiger partial charge < -0.3 is 14.3 Å². The molecule has 5 heteroatoms. The summed E-state index contributed by atoms with van der Waals surface area (Å²) in [6.45, 7) is 3.48. The highest BCUT2D eigenvalue weighted by atomic mass is 31.2. The van der Waals surface area contributed by atoms with Crippen molar-refractivity contribution in [2.75, 3.05) is 0 Å². The van der Waals surface area contributed by atoms with Gasteiger partial charge in [0.25, 0.3) is 0 Å². The van der Waals surface area contributed by atoms with Crippen molar-refractivity contribution < 1.29 is 14.3 Å². The van der Waals surface area contributed by atoms with E-state index in [9.17, 15) is 0 Å². The van der Waals surface area contributed by atoms with Crippen molar-refractivity contribution in [3.05, 3.63) is 0 Å². The lowest BCUT2D eigenvalue weighted by molar-refractivity contribution is 0.201. The summed E-state index contributed by atoms with van der Waals surface area (Å²) in [5, 5.41) is 0. The molecule has 0 amide bonds. The molecule has 0 radical (unpaired) electrons. The van der Waals surface area contributed by atoms with Gasteiger partial charge in [0.15, 0.2) is 0 Å². The Labute approximate surface area is 53.7 Å². The molecule has 52 valence electrons. The Kier molecular flexibility index (Phi) is 8.46. The van der Waals surface area contributed by atoms with Crippen molar-refractivity contribution >= 4 is 18.5 Å². The SMILES string of the molecule is CC(C)OP(O)O.P. The van der Waals surface area contributed by atoms with Crippen LogP contribution in [0, 0.1) is 0 Å². The first-order valence-corrected chi connectivity index (χ1v) is 3.14. The van der Waals surface area contributed by atoms with Crippen LogP contribution in [-0.4, -0.2) is 15.9 Å². The van der Waals surface area contributed by atoms with E-state index >= 15 is 0 Å². The molecule has 1 atom stereocenters. The third kappa shape index (κ3) is 9.88. The average molecular weight is 158 g/mol. The van der Waals surface area contributed by atoms with Gasteiger partial charge in [-0.05, 0) is 13.8 Å². The first-order chi connectivity index (χ1) is 3.13. The lowest BCUT2D eigenvalue weighted by Crippen LogP contribution is -1.95. The van der Waals surface area contributed by atoms with E-state index in [1.807, 2.05) is 0 Å². The molecule has 0 saturated heterocycles. The smallest absolute Gasteiger partial charge is 0.327 e. The molecule has 0 heterocycles. The average Bonchev–Trinajstić information content (AvgIpc) is 1.27. The second-order valence-corrected chi connectivity index (χ2v) is 2.12. The number of hydrogen-bond donors (Lipinski definition) is 2. The van der Waals surface area contributed by atoms with Gasteiger partial charge in [0.2, 0.25) is 0 Å². The minimum Gasteiger partial charge on any atom is -0.328 e. The van der Waals surface area contributed by atoms with Gasteiger partial charge in [-0.3, -0.25) is 0 Å². The molecule has 0 aromatic carbocycles. The molecule has 0 spiro atoms. The highest BCUT2D eigenvalue weighted by Crippen LogP contribution is 2.25. The predicted molar refractivity (Wildman–Crippen MR) is 38.7 cm³/mol. The Morgan fingerprint density at radius 3 is 1.75 bits per heavy atom. The van der Waals surface area contributed by atoms with E-state index in [1.54, 1.807) is 13.8 Å². The van der Waals surface area contributed by atoms with Gasteiger partial charge in [-0.25, -0.2) is 0 Å². The first kappa shape index (κ1) is 11.5. The lowest BCUT2D eigenvalue weighted by Gasteiger charge is -2.04. The van der Waals surface area contributed by atoms with E-state index < -0.39 is 8.60 Å². The molecule has 0 aromatic rings. The second kappa shape index (κ2) is 5.87. The van der Waals surface area contributed by atoms with Crippen LogP contribution < -0.4 is 0 Å². The molecule has 0 rings (SSSR count). The molecule has 2 N–H and O–H groups in total. The van der Waals surface area contributed by atoms with Crippen LogP contribution in [0.3, 0.4) is 0 Å². The second-order valence-electron chi connectivity index (χ2n) is 1.41. The van der Waals surface area contributed by atoms with Crippen molar-refractivity contribution in [3.63, 3.8) is 0 Å². The van der Waals surface area contributed by atoms with Gasteiger partial charge in [0.1, 0.15) is 0 Å². The van der Waals surface area contributed by atoms with Crippen molar-refractivity contribution in [1.29, 1.82) is 0 Å². The van der Waals surface area contributed by atoms with Gasteiger partial charge in [-0.2, -0.15) is 9.90 Å². The Hall–Kier alpha value is 0.740. The van der Waals surface area contributed by atoms with Gasteiger partial charge >= 0.3 is 8.60 Å². The third-order valence-electron chi connectivity index (χ3n) is 0.305. The molecule has 0 aromatic heterocycles. The molecule has 1 unspecified atom stereocenters. The molecule has 0 saturated carbocycles. The van der Waals surface area contributed by atoms with E-state index in [0.29, 0.717) is 0 Å². The summed E-state index contributed by atoms with van der Waals surface area (Å²) >= 11 is 0. The Morgan fingerprint density at radius 2 is 1.75 bits per heavy atom. The summed E-state index contributed by atoms with van der Waals surface area (Å²) in [6.07, 6.45) is -0.0962. The zero-order chi connectivity index (χ0) is 5.86. The van der Waals surface area contributed by atoms with Crippen molar-refractivity contribution in [2.45, 2.75) is 20.0 Å². The molecular formula is C3H12O3P2.